The van der Waals surface area contributed by atoms with E-state index in [-0.39, 0.29) is 1.43 Å². The minimum atomic E-state index is 0. The monoisotopic (exact) mass is 94.1 g/mol. The molecule has 0 atom stereocenters. The summed E-state index contributed by atoms with van der Waals surface area (Å²) in [7, 11) is 0. The van der Waals surface area contributed by atoms with Gasteiger partial charge in [-0.1, -0.05) is 35.9 Å². The second-order valence-corrected chi connectivity index (χ2v) is 1.65. The molecule has 0 saturated carbocycles. The average Bonchev–Trinajstić information content (AvgIpc) is 1.69. The molecule has 0 fully saturated rings. The van der Waals surface area contributed by atoms with Crippen molar-refractivity contribution in [1.29, 1.82) is 0 Å². The van der Waals surface area contributed by atoms with Crippen LogP contribution in [0.25, 0.3) is 0 Å². The minimum absolute atomic E-state index is 0. The van der Waals surface area contributed by atoms with Gasteiger partial charge in [-0.2, -0.15) is 0 Å². The van der Waals surface area contributed by atoms with E-state index in [0.29, 0.717) is 0 Å². The van der Waals surface area contributed by atoms with Crippen LogP contribution in [0.15, 0.2) is 30.3 Å². The Hall–Kier alpha value is -0.780. The molecule has 0 amide bonds. The van der Waals surface area contributed by atoms with E-state index in [0.717, 1.165) is 0 Å². The first-order valence-electron chi connectivity index (χ1n) is 2.41. The van der Waals surface area contributed by atoms with E-state index >= 15 is 0 Å². The van der Waals surface area contributed by atoms with E-state index in [1.807, 2.05) is 18.2 Å². The lowest BCUT2D eigenvalue weighted by atomic mass is 10.2. The van der Waals surface area contributed by atoms with Crippen molar-refractivity contribution < 1.29 is 1.43 Å². The summed E-state index contributed by atoms with van der Waals surface area (Å²) in [5.41, 5.74) is 1.32. The Morgan fingerprint density at radius 3 is 2.00 bits per heavy atom. The summed E-state index contributed by atoms with van der Waals surface area (Å²) in [5, 5.41) is 0. The van der Waals surface area contributed by atoms with Crippen LogP contribution >= 0.6 is 0 Å². The molecule has 37 valence electrons. The third kappa shape index (κ3) is 1.04. The standard InChI is InChI=1S/C7H8.H/c1-7-5-3-2-4-6-7;/h2-6H,1H3;/i;1+1. The van der Waals surface area contributed by atoms with Crippen LogP contribution in [0.1, 0.15) is 6.99 Å². The summed E-state index contributed by atoms with van der Waals surface area (Å²) in [5.74, 6) is 0. The SMILES string of the molecule is Cc1ccccc1.[2H]. The highest BCUT2D eigenvalue weighted by Gasteiger charge is 1.72. The highest BCUT2D eigenvalue weighted by atomic mass is 13.8. The Labute approximate surface area is 45.3 Å². The van der Waals surface area contributed by atoms with Gasteiger partial charge in [0, 0.05) is 1.43 Å². The van der Waals surface area contributed by atoms with Gasteiger partial charge in [0.25, 0.3) is 0 Å². The summed E-state index contributed by atoms with van der Waals surface area (Å²) in [6, 6.07) is 10.3. The zero-order valence-corrected chi connectivity index (χ0v) is 4.39. The van der Waals surface area contributed by atoms with Crippen LogP contribution in [-0.2, 0) is 0 Å². The van der Waals surface area contributed by atoms with Crippen molar-refractivity contribution in [3.8, 4) is 0 Å². The van der Waals surface area contributed by atoms with E-state index < -0.39 is 0 Å². The van der Waals surface area contributed by atoms with E-state index in [4.69, 9.17) is 0 Å². The minimum Gasteiger partial charge on any atom is -0.0622 e. The Balaban J connectivity index is 0.000000490. The summed E-state index contributed by atoms with van der Waals surface area (Å²) in [6.07, 6.45) is 0. The number of rotatable bonds is 0. The van der Waals surface area contributed by atoms with Gasteiger partial charge in [0.2, 0.25) is 0 Å². The van der Waals surface area contributed by atoms with Crippen molar-refractivity contribution in [2.75, 3.05) is 0 Å². The third-order valence-corrected chi connectivity index (χ3v) is 0.940. The molecule has 0 heteroatoms. The van der Waals surface area contributed by atoms with Crippen molar-refractivity contribution in [1.82, 2.24) is 0 Å². The van der Waals surface area contributed by atoms with E-state index in [1.54, 1.807) is 0 Å². The summed E-state index contributed by atoms with van der Waals surface area (Å²) >= 11 is 0. The molecule has 0 aliphatic rings. The normalized spacial score (nSPS) is 8.71. The second-order valence-electron chi connectivity index (χ2n) is 1.65. The lowest BCUT2D eigenvalue weighted by molar-refractivity contribution is 1.48. The first-order valence-corrected chi connectivity index (χ1v) is 2.41. The molecule has 7 heavy (non-hydrogen) atoms. The van der Waals surface area contributed by atoms with Crippen molar-refractivity contribution in [3.05, 3.63) is 35.9 Å². The van der Waals surface area contributed by atoms with Gasteiger partial charge in [0.1, 0.15) is 0 Å². The largest absolute Gasteiger partial charge is 0.0622 e. The van der Waals surface area contributed by atoms with Gasteiger partial charge in [-0.05, 0) is 6.92 Å². The van der Waals surface area contributed by atoms with Gasteiger partial charge in [-0.25, -0.2) is 0 Å². The van der Waals surface area contributed by atoms with Crippen LogP contribution in [0.5, 0.6) is 0 Å². The summed E-state index contributed by atoms with van der Waals surface area (Å²) in [6.45, 7) is 2.08. The van der Waals surface area contributed by atoms with Crippen LogP contribution in [0.4, 0.5) is 0 Å². The molecule has 0 nitrogen and oxygen atoms in total. The van der Waals surface area contributed by atoms with Crippen molar-refractivity contribution in [2.24, 2.45) is 0 Å². The van der Waals surface area contributed by atoms with Crippen LogP contribution < -0.4 is 0 Å². The molecule has 0 aliphatic heterocycles. The fourth-order valence-corrected chi connectivity index (χ4v) is 0.534. The second kappa shape index (κ2) is 1.78. The molecule has 1 aromatic carbocycles. The van der Waals surface area contributed by atoms with Gasteiger partial charge >= 0.3 is 0 Å². The summed E-state index contributed by atoms with van der Waals surface area (Å²) in [4.78, 5) is 0. The van der Waals surface area contributed by atoms with Gasteiger partial charge in [-0.15, -0.1) is 0 Å². The molecule has 1 aromatic rings. The highest BCUT2D eigenvalue weighted by molar-refractivity contribution is 5.11. The number of hydrogen-bond acceptors (Lipinski definition) is 0. The predicted octanol–water partition coefficient (Wildman–Crippen LogP) is 2.11. The molecule has 0 N–H and O–H groups in total. The van der Waals surface area contributed by atoms with Crippen molar-refractivity contribution in [3.63, 3.8) is 0 Å². The zero-order valence-electron chi connectivity index (χ0n) is 5.39. The first kappa shape index (κ1) is 4.38. The highest BCUT2D eigenvalue weighted by Crippen LogP contribution is 1.92. The Kier molecular flexibility index (Phi) is 1.12. The lowest BCUT2D eigenvalue weighted by Gasteiger charge is -1.82. The Morgan fingerprint density at radius 2 is 1.71 bits per heavy atom. The van der Waals surface area contributed by atoms with Crippen molar-refractivity contribution in [2.45, 2.75) is 6.92 Å². The smallest absolute Gasteiger partial charge is 0 e. The molecule has 0 spiro atoms. The van der Waals surface area contributed by atoms with Gasteiger partial charge < -0.3 is 0 Å². The van der Waals surface area contributed by atoms with Crippen LogP contribution in [0, 0.1) is 6.92 Å². The Bertz CT molecular complexity index is 134. The molecular formula is C7H9. The number of benzene rings is 1. The predicted molar refractivity (Wildman–Crippen MR) is 32.3 cm³/mol. The maximum atomic E-state index is 2.08. The van der Waals surface area contributed by atoms with Crippen LogP contribution in [-0.4, -0.2) is 0 Å². The molecule has 1 radical (unpaired) electrons. The van der Waals surface area contributed by atoms with Gasteiger partial charge in [-0.3, -0.25) is 0 Å². The maximum Gasteiger partial charge on any atom is 0 e. The first-order chi connectivity index (χ1) is 3.39. The number of aryl methyl sites for hydroxylation is 1. The molecule has 0 bridgehead atoms. The molecule has 0 aliphatic carbocycles. The number of hydrogen-bond donors (Lipinski definition) is 0. The lowest BCUT2D eigenvalue weighted by Crippen LogP contribution is -1.62. The van der Waals surface area contributed by atoms with E-state index in [1.165, 1.54) is 5.56 Å². The van der Waals surface area contributed by atoms with Crippen molar-refractivity contribution >= 4 is 0 Å². The van der Waals surface area contributed by atoms with Crippen LogP contribution in [0.3, 0.4) is 0 Å². The van der Waals surface area contributed by atoms with E-state index in [9.17, 15) is 0 Å². The van der Waals surface area contributed by atoms with E-state index in [2.05, 4.69) is 19.1 Å². The topological polar surface area (TPSA) is 0 Å². The summed E-state index contributed by atoms with van der Waals surface area (Å²) < 4.78 is 0. The fraction of sp³-hybridized carbons (Fsp3) is 0.143. The molecule has 0 unspecified atom stereocenters. The van der Waals surface area contributed by atoms with Gasteiger partial charge in [0.05, 0.1) is 0 Å². The molecule has 0 heterocycles. The van der Waals surface area contributed by atoms with Gasteiger partial charge in [0.15, 0.2) is 0 Å². The maximum absolute atomic E-state index is 2.08. The Morgan fingerprint density at radius 1 is 1.14 bits per heavy atom. The van der Waals surface area contributed by atoms with Crippen LogP contribution in [0.2, 0.25) is 0 Å². The molecule has 0 aromatic heterocycles. The molecule has 0 saturated heterocycles. The molecule has 1 rings (SSSR count). The molecular weight excluding hydrogens is 84.1 g/mol. The quantitative estimate of drug-likeness (QED) is 0.462. The zero-order chi connectivity index (χ0) is 5.11. The average molecular weight is 94.2 g/mol. The third-order valence-electron chi connectivity index (χ3n) is 0.940. The fourth-order valence-electron chi connectivity index (χ4n) is 0.534.